The summed E-state index contributed by atoms with van der Waals surface area (Å²) in [7, 11) is 1.43. The van der Waals surface area contributed by atoms with Gasteiger partial charge in [-0.1, -0.05) is 6.92 Å². The van der Waals surface area contributed by atoms with Crippen LogP contribution in [-0.2, 0) is 14.3 Å². The second-order valence-electron chi connectivity index (χ2n) is 4.72. The van der Waals surface area contributed by atoms with E-state index in [0.29, 0.717) is 23.6 Å². The zero-order valence-corrected chi connectivity index (χ0v) is 13.5. The molecule has 0 aliphatic rings. The van der Waals surface area contributed by atoms with Gasteiger partial charge in [0.25, 0.3) is 5.91 Å². The average Bonchev–Trinajstić information content (AvgIpc) is 2.55. The number of benzene rings is 1. The third-order valence-electron chi connectivity index (χ3n) is 2.85. The second kappa shape index (κ2) is 9.45. The predicted molar refractivity (Wildman–Crippen MR) is 82.8 cm³/mol. The number of carbonyl (C=O) groups excluding carboxylic acids is 3. The molecule has 0 bridgehead atoms. The molecule has 1 aromatic rings. The molecule has 126 valence electrons. The Kier molecular flexibility index (Phi) is 7.59. The average molecular weight is 323 g/mol. The summed E-state index contributed by atoms with van der Waals surface area (Å²) >= 11 is 0. The minimum absolute atomic E-state index is 0.104. The Morgan fingerprint density at radius 3 is 2.48 bits per heavy atom. The third-order valence-corrected chi connectivity index (χ3v) is 2.85. The van der Waals surface area contributed by atoms with Gasteiger partial charge in [0.05, 0.1) is 7.11 Å². The SMILES string of the molecule is CCCNC(=O)COC(=O)COc1ccc(C(C)=O)cc1OC. The Bertz CT molecular complexity index is 570. The number of ketones is 1. The van der Waals surface area contributed by atoms with Crippen molar-refractivity contribution in [1.82, 2.24) is 5.32 Å². The highest BCUT2D eigenvalue weighted by atomic mass is 16.6. The number of hydrogen-bond acceptors (Lipinski definition) is 6. The van der Waals surface area contributed by atoms with E-state index in [9.17, 15) is 14.4 Å². The Hall–Kier alpha value is -2.57. The fraction of sp³-hybridized carbons (Fsp3) is 0.438. The van der Waals surface area contributed by atoms with Crippen molar-refractivity contribution in [3.8, 4) is 11.5 Å². The van der Waals surface area contributed by atoms with Gasteiger partial charge in [-0.2, -0.15) is 0 Å². The van der Waals surface area contributed by atoms with E-state index in [1.807, 2.05) is 6.92 Å². The molecule has 0 heterocycles. The van der Waals surface area contributed by atoms with Crippen molar-refractivity contribution in [3.05, 3.63) is 23.8 Å². The minimum atomic E-state index is -0.672. The van der Waals surface area contributed by atoms with Crippen LogP contribution in [0.3, 0.4) is 0 Å². The topological polar surface area (TPSA) is 90.9 Å². The molecule has 0 spiro atoms. The molecule has 0 aromatic heterocycles. The van der Waals surface area contributed by atoms with Gasteiger partial charge in [-0.15, -0.1) is 0 Å². The monoisotopic (exact) mass is 323 g/mol. The van der Waals surface area contributed by atoms with E-state index in [1.165, 1.54) is 26.2 Å². The van der Waals surface area contributed by atoms with Crippen LogP contribution in [0.5, 0.6) is 11.5 Å². The van der Waals surface area contributed by atoms with Crippen LogP contribution in [0.25, 0.3) is 0 Å². The molecule has 1 amide bonds. The van der Waals surface area contributed by atoms with Crippen LogP contribution in [0.15, 0.2) is 18.2 Å². The van der Waals surface area contributed by atoms with Crippen LogP contribution in [0.1, 0.15) is 30.6 Å². The lowest BCUT2D eigenvalue weighted by Crippen LogP contribution is -2.30. The van der Waals surface area contributed by atoms with E-state index in [4.69, 9.17) is 14.2 Å². The molecule has 0 aliphatic heterocycles. The summed E-state index contributed by atoms with van der Waals surface area (Å²) in [4.78, 5) is 34.2. The number of rotatable bonds is 9. The largest absolute Gasteiger partial charge is 0.493 e. The number of amides is 1. The molecular weight excluding hydrogens is 302 g/mol. The van der Waals surface area contributed by atoms with Gasteiger partial charge >= 0.3 is 5.97 Å². The summed E-state index contributed by atoms with van der Waals surface area (Å²) in [6.07, 6.45) is 0.804. The maximum absolute atomic E-state index is 11.5. The minimum Gasteiger partial charge on any atom is -0.493 e. The normalized spacial score (nSPS) is 9.87. The molecule has 0 saturated carbocycles. The van der Waals surface area contributed by atoms with Gasteiger partial charge in [-0.25, -0.2) is 4.79 Å². The molecule has 0 fully saturated rings. The van der Waals surface area contributed by atoms with E-state index in [1.54, 1.807) is 6.07 Å². The molecule has 0 radical (unpaired) electrons. The molecule has 0 saturated heterocycles. The summed E-state index contributed by atoms with van der Waals surface area (Å²) in [6.45, 7) is 3.19. The molecule has 1 rings (SSSR count). The zero-order valence-electron chi connectivity index (χ0n) is 13.5. The highest BCUT2D eigenvalue weighted by Gasteiger charge is 2.12. The van der Waals surface area contributed by atoms with Crippen molar-refractivity contribution in [3.63, 3.8) is 0 Å². The van der Waals surface area contributed by atoms with Gasteiger partial charge < -0.3 is 19.5 Å². The Morgan fingerprint density at radius 2 is 1.87 bits per heavy atom. The van der Waals surface area contributed by atoms with Crippen molar-refractivity contribution in [2.45, 2.75) is 20.3 Å². The van der Waals surface area contributed by atoms with Crippen LogP contribution in [0.4, 0.5) is 0 Å². The van der Waals surface area contributed by atoms with E-state index in [-0.39, 0.29) is 24.9 Å². The third kappa shape index (κ3) is 6.37. The second-order valence-corrected chi connectivity index (χ2v) is 4.72. The number of ether oxygens (including phenoxy) is 3. The van der Waals surface area contributed by atoms with Crippen LogP contribution in [0, 0.1) is 0 Å². The standard InChI is InChI=1S/C16H21NO6/c1-4-7-17-15(19)9-23-16(20)10-22-13-6-5-12(11(2)18)8-14(13)21-3/h5-6,8H,4,7,9-10H2,1-3H3,(H,17,19). The van der Waals surface area contributed by atoms with Crippen molar-refractivity contribution in [2.24, 2.45) is 0 Å². The summed E-state index contributed by atoms with van der Waals surface area (Å²) in [6, 6.07) is 4.64. The lowest BCUT2D eigenvalue weighted by Gasteiger charge is -2.11. The fourth-order valence-electron chi connectivity index (χ4n) is 1.65. The number of methoxy groups -OCH3 is 1. The van der Waals surface area contributed by atoms with E-state index < -0.39 is 5.97 Å². The molecule has 1 aromatic carbocycles. The van der Waals surface area contributed by atoms with Crippen molar-refractivity contribution >= 4 is 17.7 Å². The first kappa shape index (κ1) is 18.5. The van der Waals surface area contributed by atoms with E-state index >= 15 is 0 Å². The Morgan fingerprint density at radius 1 is 1.13 bits per heavy atom. The van der Waals surface area contributed by atoms with Gasteiger partial charge in [-0.05, 0) is 31.5 Å². The highest BCUT2D eigenvalue weighted by Crippen LogP contribution is 2.28. The van der Waals surface area contributed by atoms with Crippen LogP contribution in [0.2, 0.25) is 0 Å². The molecule has 7 heteroatoms. The number of nitrogens with one attached hydrogen (secondary N) is 1. The maximum Gasteiger partial charge on any atom is 0.344 e. The quantitative estimate of drug-likeness (QED) is 0.545. The summed E-state index contributed by atoms with van der Waals surface area (Å²) in [5.41, 5.74) is 0.476. The van der Waals surface area contributed by atoms with E-state index in [2.05, 4.69) is 5.32 Å². The molecule has 0 unspecified atom stereocenters. The first-order chi connectivity index (χ1) is 11.0. The summed E-state index contributed by atoms with van der Waals surface area (Å²) in [5, 5.41) is 2.59. The Labute approximate surface area is 134 Å². The van der Waals surface area contributed by atoms with E-state index in [0.717, 1.165) is 6.42 Å². The van der Waals surface area contributed by atoms with Crippen LogP contribution in [-0.4, -0.2) is 44.5 Å². The zero-order chi connectivity index (χ0) is 17.2. The predicted octanol–water partition coefficient (Wildman–Crippen LogP) is 1.35. The smallest absolute Gasteiger partial charge is 0.344 e. The highest BCUT2D eigenvalue weighted by molar-refractivity contribution is 5.94. The van der Waals surface area contributed by atoms with Crippen molar-refractivity contribution in [1.29, 1.82) is 0 Å². The number of Topliss-reactive ketones (excluding diaryl/α,β-unsaturated/α-hetero) is 1. The van der Waals surface area contributed by atoms with Gasteiger partial charge in [0, 0.05) is 12.1 Å². The summed E-state index contributed by atoms with van der Waals surface area (Å²) < 4.78 is 15.2. The molecule has 23 heavy (non-hydrogen) atoms. The van der Waals surface area contributed by atoms with Crippen molar-refractivity contribution < 1.29 is 28.6 Å². The number of hydrogen-bond donors (Lipinski definition) is 1. The summed E-state index contributed by atoms with van der Waals surface area (Å²) in [5.74, 6) is -0.485. The van der Waals surface area contributed by atoms with Crippen LogP contribution >= 0.6 is 0 Å². The van der Waals surface area contributed by atoms with Gasteiger partial charge in [0.15, 0.2) is 30.5 Å². The molecule has 1 N–H and O–H groups in total. The molecular formula is C16H21NO6. The van der Waals surface area contributed by atoms with Crippen molar-refractivity contribution in [2.75, 3.05) is 26.9 Å². The molecule has 0 aliphatic carbocycles. The first-order valence-corrected chi connectivity index (χ1v) is 7.22. The lowest BCUT2D eigenvalue weighted by atomic mass is 10.1. The maximum atomic E-state index is 11.5. The van der Waals surface area contributed by atoms with Gasteiger partial charge in [-0.3, -0.25) is 9.59 Å². The van der Waals surface area contributed by atoms with Gasteiger partial charge in [0.1, 0.15) is 0 Å². The van der Waals surface area contributed by atoms with Crippen LogP contribution < -0.4 is 14.8 Å². The fourth-order valence-corrected chi connectivity index (χ4v) is 1.65. The number of esters is 1. The van der Waals surface area contributed by atoms with Gasteiger partial charge in [0.2, 0.25) is 0 Å². The molecule has 0 atom stereocenters. The molecule has 7 nitrogen and oxygen atoms in total. The lowest BCUT2D eigenvalue weighted by molar-refractivity contribution is -0.150. The Balaban J connectivity index is 2.49. The number of carbonyl (C=O) groups is 3. The first-order valence-electron chi connectivity index (χ1n) is 7.22.